The fraction of sp³-hybridized carbons (Fsp3) is 0.857. The van der Waals surface area contributed by atoms with Crippen LogP contribution in [-0.2, 0) is 4.74 Å². The number of hydrogen-bond acceptors (Lipinski definition) is 3. The molecule has 1 fully saturated rings. The topological polar surface area (TPSA) is 53.2 Å². The van der Waals surface area contributed by atoms with Crippen LogP contribution in [0.25, 0.3) is 0 Å². The molecule has 0 spiro atoms. The largest absolute Gasteiger partial charge is 0.394 e. The first-order chi connectivity index (χ1) is 4.86. The van der Waals surface area contributed by atoms with Gasteiger partial charge in [-0.05, 0) is 19.3 Å². The van der Waals surface area contributed by atoms with Crippen LogP contribution in [-0.4, -0.2) is 23.9 Å². The van der Waals surface area contributed by atoms with Crippen molar-refractivity contribution in [2.45, 2.75) is 31.5 Å². The Labute approximate surface area is 60.2 Å². The number of aliphatic hydroxyl groups excluding tert-OH is 1. The average molecular weight is 141 g/mol. The zero-order valence-electron chi connectivity index (χ0n) is 5.79. The lowest BCUT2D eigenvalue weighted by Gasteiger charge is -2.24. The van der Waals surface area contributed by atoms with Gasteiger partial charge in [-0.1, -0.05) is 0 Å². The Morgan fingerprint density at radius 2 is 2.40 bits per heavy atom. The zero-order chi connectivity index (χ0) is 7.40. The fourth-order valence-electron chi connectivity index (χ4n) is 1.13. The van der Waals surface area contributed by atoms with Crippen molar-refractivity contribution in [1.82, 2.24) is 0 Å². The van der Waals surface area contributed by atoms with Crippen molar-refractivity contribution in [2.75, 3.05) is 6.61 Å². The summed E-state index contributed by atoms with van der Waals surface area (Å²) in [6.07, 6.45) is 2.30. The monoisotopic (exact) mass is 141 g/mol. The van der Waals surface area contributed by atoms with E-state index in [1.807, 2.05) is 6.07 Å². The number of rotatable bonds is 1. The highest BCUT2D eigenvalue weighted by molar-refractivity contribution is 4.87. The van der Waals surface area contributed by atoms with E-state index in [2.05, 4.69) is 0 Å². The van der Waals surface area contributed by atoms with Crippen molar-refractivity contribution in [3.05, 3.63) is 0 Å². The van der Waals surface area contributed by atoms with E-state index in [-0.39, 0.29) is 18.8 Å². The minimum Gasteiger partial charge on any atom is -0.394 e. The van der Waals surface area contributed by atoms with E-state index in [1.165, 1.54) is 0 Å². The molecule has 56 valence electrons. The average Bonchev–Trinajstić information content (AvgIpc) is 2.05. The molecule has 0 aliphatic carbocycles. The molecule has 0 unspecified atom stereocenters. The summed E-state index contributed by atoms with van der Waals surface area (Å²) in [4.78, 5) is 0. The van der Waals surface area contributed by atoms with Crippen LogP contribution in [0.2, 0.25) is 0 Å². The maximum Gasteiger partial charge on any atom is 0.144 e. The first-order valence-corrected chi connectivity index (χ1v) is 3.52. The van der Waals surface area contributed by atoms with Gasteiger partial charge >= 0.3 is 0 Å². The van der Waals surface area contributed by atoms with Crippen LogP contribution < -0.4 is 0 Å². The standard InChI is InChI=1S/C7H11NO2/c8-4-6-2-1-3-7(5-9)10-6/h6-7,9H,1-3,5H2/t6-,7-/m0/s1. The second-order valence-electron chi connectivity index (χ2n) is 2.49. The summed E-state index contributed by atoms with van der Waals surface area (Å²) >= 11 is 0. The molecule has 1 saturated heterocycles. The maximum atomic E-state index is 8.67. The van der Waals surface area contributed by atoms with Crippen molar-refractivity contribution in [2.24, 2.45) is 0 Å². The minimum atomic E-state index is -0.286. The summed E-state index contributed by atoms with van der Waals surface area (Å²) in [5.74, 6) is 0. The van der Waals surface area contributed by atoms with E-state index in [9.17, 15) is 0 Å². The van der Waals surface area contributed by atoms with Crippen LogP contribution in [0.4, 0.5) is 0 Å². The van der Waals surface area contributed by atoms with Crippen LogP contribution in [0.15, 0.2) is 0 Å². The van der Waals surface area contributed by atoms with Crippen LogP contribution in [0, 0.1) is 11.3 Å². The van der Waals surface area contributed by atoms with Crippen LogP contribution in [0.1, 0.15) is 19.3 Å². The lowest BCUT2D eigenvalue weighted by Crippen LogP contribution is -2.28. The van der Waals surface area contributed by atoms with Crippen molar-refractivity contribution >= 4 is 0 Å². The van der Waals surface area contributed by atoms with Crippen LogP contribution in [0.5, 0.6) is 0 Å². The van der Waals surface area contributed by atoms with E-state index in [4.69, 9.17) is 15.1 Å². The van der Waals surface area contributed by atoms with Crippen molar-refractivity contribution in [3.63, 3.8) is 0 Å². The van der Waals surface area contributed by atoms with Gasteiger partial charge in [0.05, 0.1) is 18.8 Å². The summed E-state index contributed by atoms with van der Waals surface area (Å²) in [6.45, 7) is 0.0399. The Morgan fingerprint density at radius 1 is 1.60 bits per heavy atom. The van der Waals surface area contributed by atoms with Crippen molar-refractivity contribution in [1.29, 1.82) is 5.26 Å². The molecule has 1 N–H and O–H groups in total. The number of nitrogens with zero attached hydrogens (tertiary/aromatic N) is 1. The lowest BCUT2D eigenvalue weighted by molar-refractivity contribution is -0.0478. The molecule has 3 nitrogen and oxygen atoms in total. The molecule has 0 radical (unpaired) electrons. The summed E-state index contributed by atoms with van der Waals surface area (Å²) in [5.41, 5.74) is 0. The van der Waals surface area contributed by atoms with Crippen LogP contribution in [0.3, 0.4) is 0 Å². The summed E-state index contributed by atoms with van der Waals surface area (Å²) in [6, 6.07) is 2.03. The summed E-state index contributed by atoms with van der Waals surface area (Å²) in [7, 11) is 0. The van der Waals surface area contributed by atoms with Crippen molar-refractivity contribution < 1.29 is 9.84 Å². The van der Waals surface area contributed by atoms with Gasteiger partial charge in [0.2, 0.25) is 0 Å². The van der Waals surface area contributed by atoms with Gasteiger partial charge in [0.15, 0.2) is 0 Å². The first kappa shape index (κ1) is 7.52. The highest BCUT2D eigenvalue weighted by Gasteiger charge is 2.20. The number of nitriles is 1. The Kier molecular flexibility index (Phi) is 2.67. The fourth-order valence-corrected chi connectivity index (χ4v) is 1.13. The van der Waals surface area contributed by atoms with Crippen LogP contribution >= 0.6 is 0 Å². The molecule has 0 aromatic heterocycles. The molecule has 0 bridgehead atoms. The highest BCUT2D eigenvalue weighted by atomic mass is 16.5. The zero-order valence-corrected chi connectivity index (χ0v) is 5.79. The van der Waals surface area contributed by atoms with Gasteiger partial charge in [-0.3, -0.25) is 0 Å². The summed E-state index contributed by atoms with van der Waals surface area (Å²) in [5, 5.41) is 17.1. The van der Waals surface area contributed by atoms with E-state index < -0.39 is 0 Å². The van der Waals surface area contributed by atoms with E-state index in [0.29, 0.717) is 0 Å². The molecule has 3 heteroatoms. The normalized spacial score (nSPS) is 33.2. The van der Waals surface area contributed by atoms with Gasteiger partial charge in [0, 0.05) is 0 Å². The van der Waals surface area contributed by atoms with E-state index in [0.717, 1.165) is 19.3 Å². The predicted molar refractivity (Wildman–Crippen MR) is 35.2 cm³/mol. The lowest BCUT2D eigenvalue weighted by atomic mass is 10.1. The van der Waals surface area contributed by atoms with Gasteiger partial charge in [0.1, 0.15) is 6.10 Å². The van der Waals surface area contributed by atoms with E-state index >= 15 is 0 Å². The molecule has 1 aliphatic heterocycles. The van der Waals surface area contributed by atoms with Gasteiger partial charge in [0.25, 0.3) is 0 Å². The molecule has 0 aromatic rings. The first-order valence-electron chi connectivity index (χ1n) is 3.52. The number of ether oxygens (including phenoxy) is 1. The molecule has 0 amide bonds. The number of hydrogen-bond donors (Lipinski definition) is 1. The third-order valence-corrected chi connectivity index (χ3v) is 1.70. The quantitative estimate of drug-likeness (QED) is 0.576. The smallest absolute Gasteiger partial charge is 0.144 e. The maximum absolute atomic E-state index is 8.67. The Hall–Kier alpha value is -0.590. The van der Waals surface area contributed by atoms with Gasteiger partial charge in [-0.25, -0.2) is 0 Å². The predicted octanol–water partition coefficient (Wildman–Crippen LogP) is 0.440. The molecular weight excluding hydrogens is 130 g/mol. The number of aliphatic hydroxyl groups is 1. The Bertz CT molecular complexity index is 141. The van der Waals surface area contributed by atoms with Crippen molar-refractivity contribution in [3.8, 4) is 6.07 Å². The third kappa shape index (κ3) is 1.69. The highest BCUT2D eigenvalue weighted by Crippen LogP contribution is 2.17. The second-order valence-corrected chi connectivity index (χ2v) is 2.49. The molecular formula is C7H11NO2. The Balaban J connectivity index is 2.33. The third-order valence-electron chi connectivity index (χ3n) is 1.70. The summed E-state index contributed by atoms with van der Waals surface area (Å²) < 4.78 is 5.17. The molecule has 2 atom stereocenters. The SMILES string of the molecule is N#C[C@@H]1CCC[C@@H](CO)O1. The van der Waals surface area contributed by atoms with Gasteiger partial charge < -0.3 is 9.84 Å². The second kappa shape index (κ2) is 3.55. The van der Waals surface area contributed by atoms with Gasteiger partial charge in [-0.15, -0.1) is 0 Å². The minimum absolute atomic E-state index is 0.0399. The Morgan fingerprint density at radius 3 is 3.00 bits per heavy atom. The molecule has 1 aliphatic rings. The van der Waals surface area contributed by atoms with Gasteiger partial charge in [-0.2, -0.15) is 5.26 Å². The molecule has 0 aromatic carbocycles. The molecule has 1 heterocycles. The van der Waals surface area contributed by atoms with E-state index in [1.54, 1.807) is 0 Å². The molecule has 1 rings (SSSR count). The molecule has 10 heavy (non-hydrogen) atoms. The molecule has 0 saturated carbocycles.